The van der Waals surface area contributed by atoms with Crippen LogP contribution >= 0.6 is 0 Å². The first kappa shape index (κ1) is 12.6. The van der Waals surface area contributed by atoms with Crippen molar-refractivity contribution < 1.29 is 4.74 Å². The molecule has 0 aliphatic carbocycles. The van der Waals surface area contributed by atoms with E-state index in [0.29, 0.717) is 0 Å². The first-order valence-corrected chi connectivity index (χ1v) is 5.95. The highest BCUT2D eigenvalue weighted by Crippen LogP contribution is 2.23. The van der Waals surface area contributed by atoms with Crippen LogP contribution in [0, 0.1) is 13.8 Å². The molecule has 18 heavy (non-hydrogen) atoms. The van der Waals surface area contributed by atoms with Gasteiger partial charge in [-0.15, -0.1) is 0 Å². The summed E-state index contributed by atoms with van der Waals surface area (Å²) in [7, 11) is 1.66. The lowest BCUT2D eigenvalue weighted by Crippen LogP contribution is -2.12. The zero-order valence-corrected chi connectivity index (χ0v) is 11.0. The zero-order valence-electron chi connectivity index (χ0n) is 11.0. The summed E-state index contributed by atoms with van der Waals surface area (Å²) < 4.78 is 5.22. The van der Waals surface area contributed by atoms with Gasteiger partial charge >= 0.3 is 0 Å². The van der Waals surface area contributed by atoms with Crippen molar-refractivity contribution in [3.8, 4) is 5.75 Å². The number of nitrogens with two attached hydrogens (primary N) is 1. The second-order valence-corrected chi connectivity index (χ2v) is 4.44. The molecule has 0 bridgehead atoms. The SMILES string of the molecule is COc1cccc(C(N)c2cc(C)nc(C)c2)c1. The quantitative estimate of drug-likeness (QED) is 0.900. The second kappa shape index (κ2) is 5.19. The molecule has 0 aliphatic rings. The Morgan fingerprint density at radius 2 is 1.72 bits per heavy atom. The van der Waals surface area contributed by atoms with E-state index in [9.17, 15) is 0 Å². The summed E-state index contributed by atoms with van der Waals surface area (Å²) in [6, 6.07) is 11.7. The van der Waals surface area contributed by atoms with Gasteiger partial charge < -0.3 is 10.5 Å². The fourth-order valence-electron chi connectivity index (χ4n) is 2.07. The Morgan fingerprint density at radius 1 is 1.06 bits per heavy atom. The molecular formula is C15H18N2O. The number of pyridine rings is 1. The van der Waals surface area contributed by atoms with E-state index in [2.05, 4.69) is 4.98 Å². The van der Waals surface area contributed by atoms with Crippen molar-refractivity contribution in [1.82, 2.24) is 4.98 Å². The lowest BCUT2D eigenvalue weighted by molar-refractivity contribution is 0.414. The number of aromatic nitrogens is 1. The average molecular weight is 242 g/mol. The fourth-order valence-corrected chi connectivity index (χ4v) is 2.07. The number of rotatable bonds is 3. The molecule has 0 radical (unpaired) electrons. The second-order valence-electron chi connectivity index (χ2n) is 4.44. The molecule has 1 aromatic heterocycles. The van der Waals surface area contributed by atoms with Crippen molar-refractivity contribution in [3.63, 3.8) is 0 Å². The summed E-state index contributed by atoms with van der Waals surface area (Å²) in [5, 5.41) is 0. The molecule has 0 saturated carbocycles. The maximum Gasteiger partial charge on any atom is 0.119 e. The molecule has 2 aromatic rings. The molecule has 0 spiro atoms. The number of nitrogens with zero attached hydrogens (tertiary/aromatic N) is 1. The van der Waals surface area contributed by atoms with Crippen molar-refractivity contribution in [2.75, 3.05) is 7.11 Å². The first-order valence-electron chi connectivity index (χ1n) is 5.95. The molecule has 3 heteroatoms. The number of hydrogen-bond acceptors (Lipinski definition) is 3. The molecule has 1 heterocycles. The summed E-state index contributed by atoms with van der Waals surface area (Å²) in [4.78, 5) is 4.36. The van der Waals surface area contributed by atoms with Gasteiger partial charge in [0.05, 0.1) is 13.2 Å². The molecule has 0 aliphatic heterocycles. The minimum Gasteiger partial charge on any atom is -0.497 e. The van der Waals surface area contributed by atoms with E-state index in [-0.39, 0.29) is 6.04 Å². The van der Waals surface area contributed by atoms with E-state index in [1.807, 2.05) is 50.2 Å². The van der Waals surface area contributed by atoms with Crippen LogP contribution in [-0.4, -0.2) is 12.1 Å². The maximum atomic E-state index is 6.29. The Hall–Kier alpha value is -1.87. The minimum atomic E-state index is -0.152. The molecule has 3 nitrogen and oxygen atoms in total. The lowest BCUT2D eigenvalue weighted by Gasteiger charge is -2.14. The summed E-state index contributed by atoms with van der Waals surface area (Å²) in [6.07, 6.45) is 0. The van der Waals surface area contributed by atoms with Crippen LogP contribution in [0.15, 0.2) is 36.4 Å². The predicted octanol–water partition coefficient (Wildman–Crippen LogP) is 2.76. The van der Waals surface area contributed by atoms with Crippen LogP contribution in [0.2, 0.25) is 0 Å². The molecule has 1 aromatic carbocycles. The number of methoxy groups -OCH3 is 1. The van der Waals surface area contributed by atoms with E-state index in [1.165, 1.54) is 0 Å². The highest BCUT2D eigenvalue weighted by atomic mass is 16.5. The summed E-state index contributed by atoms with van der Waals surface area (Å²) >= 11 is 0. The normalized spacial score (nSPS) is 12.2. The van der Waals surface area contributed by atoms with Crippen LogP contribution in [0.3, 0.4) is 0 Å². The Bertz CT molecular complexity index is 532. The van der Waals surface area contributed by atoms with Gasteiger partial charge in [-0.1, -0.05) is 12.1 Å². The van der Waals surface area contributed by atoms with E-state index in [4.69, 9.17) is 10.5 Å². The number of benzene rings is 1. The number of ether oxygens (including phenoxy) is 1. The van der Waals surface area contributed by atoms with Gasteiger partial charge in [-0.3, -0.25) is 4.98 Å². The largest absolute Gasteiger partial charge is 0.497 e. The van der Waals surface area contributed by atoms with Gasteiger partial charge in [0.2, 0.25) is 0 Å². The van der Waals surface area contributed by atoms with Crippen molar-refractivity contribution in [3.05, 3.63) is 58.9 Å². The van der Waals surface area contributed by atoms with Gasteiger partial charge in [0.1, 0.15) is 5.75 Å². The Balaban J connectivity index is 2.37. The van der Waals surface area contributed by atoms with Gasteiger partial charge in [0, 0.05) is 11.4 Å². The topological polar surface area (TPSA) is 48.1 Å². The van der Waals surface area contributed by atoms with Gasteiger partial charge in [0.15, 0.2) is 0 Å². The van der Waals surface area contributed by atoms with Gasteiger partial charge in [-0.2, -0.15) is 0 Å². The molecule has 2 rings (SSSR count). The van der Waals surface area contributed by atoms with E-state index < -0.39 is 0 Å². The average Bonchev–Trinajstić information content (AvgIpc) is 2.37. The number of hydrogen-bond donors (Lipinski definition) is 1. The highest BCUT2D eigenvalue weighted by molar-refractivity contribution is 5.37. The smallest absolute Gasteiger partial charge is 0.119 e. The van der Waals surface area contributed by atoms with Crippen LogP contribution < -0.4 is 10.5 Å². The molecule has 0 fully saturated rings. The van der Waals surface area contributed by atoms with E-state index in [1.54, 1.807) is 7.11 Å². The molecular weight excluding hydrogens is 224 g/mol. The molecule has 2 N–H and O–H groups in total. The minimum absolute atomic E-state index is 0.152. The molecule has 1 unspecified atom stereocenters. The van der Waals surface area contributed by atoms with Gasteiger partial charge in [0.25, 0.3) is 0 Å². The fraction of sp³-hybridized carbons (Fsp3) is 0.267. The van der Waals surface area contributed by atoms with Crippen molar-refractivity contribution in [2.45, 2.75) is 19.9 Å². The highest BCUT2D eigenvalue weighted by Gasteiger charge is 2.10. The van der Waals surface area contributed by atoms with Gasteiger partial charge in [-0.05, 0) is 49.2 Å². The monoisotopic (exact) mass is 242 g/mol. The third-order valence-electron chi connectivity index (χ3n) is 2.92. The maximum absolute atomic E-state index is 6.29. The third kappa shape index (κ3) is 2.68. The van der Waals surface area contributed by atoms with E-state index in [0.717, 1.165) is 28.3 Å². The summed E-state index contributed by atoms with van der Waals surface area (Å²) in [5.74, 6) is 0.824. The van der Waals surface area contributed by atoms with Crippen molar-refractivity contribution >= 4 is 0 Å². The summed E-state index contributed by atoms with van der Waals surface area (Å²) in [5.41, 5.74) is 10.4. The Morgan fingerprint density at radius 3 is 2.33 bits per heavy atom. The van der Waals surface area contributed by atoms with Crippen LogP contribution in [0.5, 0.6) is 5.75 Å². The molecule has 0 amide bonds. The van der Waals surface area contributed by atoms with Crippen LogP contribution in [0.25, 0.3) is 0 Å². The van der Waals surface area contributed by atoms with Crippen LogP contribution in [0.4, 0.5) is 0 Å². The molecule has 1 atom stereocenters. The molecule has 94 valence electrons. The van der Waals surface area contributed by atoms with Gasteiger partial charge in [-0.25, -0.2) is 0 Å². The Labute approximate surface area is 108 Å². The standard InChI is InChI=1S/C15H18N2O/c1-10-7-13(8-11(2)17-10)15(16)12-5-4-6-14(9-12)18-3/h4-9,15H,16H2,1-3H3. The first-order chi connectivity index (χ1) is 8.60. The van der Waals surface area contributed by atoms with Crippen LogP contribution in [0.1, 0.15) is 28.6 Å². The number of aryl methyl sites for hydroxylation is 2. The molecule has 0 saturated heterocycles. The summed E-state index contributed by atoms with van der Waals surface area (Å²) in [6.45, 7) is 3.96. The predicted molar refractivity (Wildman–Crippen MR) is 72.7 cm³/mol. The third-order valence-corrected chi connectivity index (χ3v) is 2.92. The van der Waals surface area contributed by atoms with E-state index >= 15 is 0 Å². The van der Waals surface area contributed by atoms with Crippen molar-refractivity contribution in [2.24, 2.45) is 5.73 Å². The lowest BCUT2D eigenvalue weighted by atomic mass is 9.99. The Kier molecular flexibility index (Phi) is 3.63. The zero-order chi connectivity index (χ0) is 13.1. The van der Waals surface area contributed by atoms with Crippen LogP contribution in [-0.2, 0) is 0 Å². The van der Waals surface area contributed by atoms with Crippen molar-refractivity contribution in [1.29, 1.82) is 0 Å².